The van der Waals surface area contributed by atoms with Crippen LogP contribution in [-0.4, -0.2) is 34.5 Å². The lowest BCUT2D eigenvalue weighted by atomic mass is 10.0. The summed E-state index contributed by atoms with van der Waals surface area (Å²) in [5.74, 6) is -1.07. The monoisotopic (exact) mass is 276 g/mol. The van der Waals surface area contributed by atoms with Gasteiger partial charge in [-0.2, -0.15) is 0 Å². The highest BCUT2D eigenvalue weighted by atomic mass is 16.4. The lowest BCUT2D eigenvalue weighted by molar-refractivity contribution is -0.139. The molecule has 0 aromatic heterocycles. The number of fused-ring (bicyclic) bond motifs is 1. The number of carboxylic acid groups (broad SMARTS) is 1. The maximum absolute atomic E-state index is 12.2. The van der Waals surface area contributed by atoms with E-state index in [1.54, 1.807) is 4.90 Å². The Morgan fingerprint density at radius 3 is 2.70 bits per heavy atom. The van der Waals surface area contributed by atoms with Crippen molar-refractivity contribution < 1.29 is 14.7 Å². The van der Waals surface area contributed by atoms with Gasteiger partial charge in [0.2, 0.25) is 5.91 Å². The van der Waals surface area contributed by atoms with E-state index >= 15 is 0 Å². The van der Waals surface area contributed by atoms with Gasteiger partial charge >= 0.3 is 5.97 Å². The van der Waals surface area contributed by atoms with Crippen LogP contribution in [0.3, 0.4) is 0 Å². The van der Waals surface area contributed by atoms with Crippen molar-refractivity contribution in [3.05, 3.63) is 35.4 Å². The Balaban J connectivity index is 1.96. The number of hydrogen-bond donors (Lipinski definition) is 2. The maximum atomic E-state index is 12.2. The van der Waals surface area contributed by atoms with Crippen molar-refractivity contribution in [1.29, 1.82) is 0 Å². The second kappa shape index (κ2) is 6.52. The molecule has 1 heterocycles. The molecule has 5 nitrogen and oxygen atoms in total. The van der Waals surface area contributed by atoms with Crippen LogP contribution < -0.4 is 5.73 Å². The molecule has 2 rings (SSSR count). The van der Waals surface area contributed by atoms with E-state index < -0.39 is 12.0 Å². The zero-order chi connectivity index (χ0) is 14.5. The van der Waals surface area contributed by atoms with Crippen molar-refractivity contribution in [3.8, 4) is 0 Å². The first-order valence-corrected chi connectivity index (χ1v) is 6.91. The van der Waals surface area contributed by atoms with Gasteiger partial charge in [0.1, 0.15) is 6.04 Å². The third kappa shape index (κ3) is 3.57. The summed E-state index contributed by atoms with van der Waals surface area (Å²) in [6.45, 7) is 1.33. The van der Waals surface area contributed by atoms with E-state index in [0.717, 1.165) is 19.4 Å². The molecule has 108 valence electrons. The third-order valence-corrected chi connectivity index (χ3v) is 3.69. The summed E-state index contributed by atoms with van der Waals surface area (Å²) in [6, 6.07) is 7.18. The first kappa shape index (κ1) is 14.5. The van der Waals surface area contributed by atoms with Gasteiger partial charge in [-0.05, 0) is 30.4 Å². The smallest absolute Gasteiger partial charge is 0.320 e. The minimum Gasteiger partial charge on any atom is -0.480 e. The highest BCUT2D eigenvalue weighted by Gasteiger charge is 2.20. The Kier molecular flexibility index (Phi) is 4.74. The fourth-order valence-corrected chi connectivity index (χ4v) is 2.47. The molecule has 1 amide bonds. The van der Waals surface area contributed by atoms with Gasteiger partial charge in [0.15, 0.2) is 0 Å². The summed E-state index contributed by atoms with van der Waals surface area (Å²) in [6.07, 6.45) is 2.30. The lowest BCUT2D eigenvalue weighted by Crippen LogP contribution is -2.35. The minimum atomic E-state index is -1.06. The van der Waals surface area contributed by atoms with E-state index in [1.165, 1.54) is 11.1 Å². The lowest BCUT2D eigenvalue weighted by Gasteiger charge is -2.21. The Morgan fingerprint density at radius 2 is 2.00 bits per heavy atom. The third-order valence-electron chi connectivity index (χ3n) is 3.69. The Hall–Kier alpha value is -1.88. The van der Waals surface area contributed by atoms with Gasteiger partial charge in [0.05, 0.1) is 0 Å². The van der Waals surface area contributed by atoms with Gasteiger partial charge in [-0.1, -0.05) is 24.3 Å². The number of nitrogens with two attached hydrogens (primary N) is 1. The SMILES string of the molecule is N[C@@H](CCC(=O)N1CCCc2ccccc2C1)C(=O)O. The van der Waals surface area contributed by atoms with Crippen molar-refractivity contribution in [2.24, 2.45) is 5.73 Å². The summed E-state index contributed by atoms with van der Waals surface area (Å²) < 4.78 is 0. The number of rotatable bonds is 4. The second-order valence-electron chi connectivity index (χ2n) is 5.17. The maximum Gasteiger partial charge on any atom is 0.320 e. The number of aliphatic carboxylic acids is 1. The number of carbonyl (C=O) groups excluding carboxylic acids is 1. The van der Waals surface area contributed by atoms with Crippen LogP contribution in [-0.2, 0) is 22.6 Å². The average Bonchev–Trinajstić information content (AvgIpc) is 2.66. The molecule has 0 unspecified atom stereocenters. The van der Waals surface area contributed by atoms with E-state index in [4.69, 9.17) is 10.8 Å². The summed E-state index contributed by atoms with van der Waals surface area (Å²) in [7, 11) is 0. The Labute approximate surface area is 118 Å². The van der Waals surface area contributed by atoms with Crippen molar-refractivity contribution in [2.45, 2.75) is 38.3 Å². The van der Waals surface area contributed by atoms with Crippen LogP contribution in [0, 0.1) is 0 Å². The topological polar surface area (TPSA) is 83.6 Å². The standard InChI is InChI=1S/C15H20N2O3/c16-13(15(19)20)7-8-14(18)17-9-3-6-11-4-1-2-5-12(11)10-17/h1-2,4-5,13H,3,6-10,16H2,(H,19,20)/t13-/m0/s1. The first-order valence-electron chi connectivity index (χ1n) is 6.91. The highest BCUT2D eigenvalue weighted by molar-refractivity contribution is 5.78. The molecule has 0 aliphatic carbocycles. The van der Waals surface area contributed by atoms with Crippen LogP contribution in [0.15, 0.2) is 24.3 Å². The summed E-state index contributed by atoms with van der Waals surface area (Å²) >= 11 is 0. The van der Waals surface area contributed by atoms with Crippen LogP contribution in [0.4, 0.5) is 0 Å². The molecule has 3 N–H and O–H groups in total. The number of benzene rings is 1. The molecule has 0 radical (unpaired) electrons. The van der Waals surface area contributed by atoms with Crippen LogP contribution >= 0.6 is 0 Å². The zero-order valence-corrected chi connectivity index (χ0v) is 11.4. The van der Waals surface area contributed by atoms with Crippen molar-refractivity contribution in [1.82, 2.24) is 4.90 Å². The quantitative estimate of drug-likeness (QED) is 0.864. The van der Waals surface area contributed by atoms with Gasteiger partial charge in [-0.25, -0.2) is 0 Å². The normalized spacial score (nSPS) is 16.1. The molecule has 1 atom stereocenters. The average molecular weight is 276 g/mol. The number of carboxylic acids is 1. The van der Waals surface area contributed by atoms with Gasteiger partial charge < -0.3 is 15.7 Å². The second-order valence-corrected chi connectivity index (χ2v) is 5.17. The summed E-state index contributed by atoms with van der Waals surface area (Å²) in [5, 5.41) is 8.73. The van der Waals surface area contributed by atoms with Gasteiger partial charge in [0.25, 0.3) is 0 Å². The highest BCUT2D eigenvalue weighted by Crippen LogP contribution is 2.19. The molecule has 20 heavy (non-hydrogen) atoms. The van der Waals surface area contributed by atoms with Crippen molar-refractivity contribution in [3.63, 3.8) is 0 Å². The summed E-state index contributed by atoms with van der Waals surface area (Å²) in [4.78, 5) is 24.6. The Morgan fingerprint density at radius 1 is 1.30 bits per heavy atom. The largest absolute Gasteiger partial charge is 0.480 e. The van der Waals surface area contributed by atoms with E-state index in [-0.39, 0.29) is 18.7 Å². The molecule has 1 aromatic carbocycles. The molecule has 1 aromatic rings. The zero-order valence-electron chi connectivity index (χ0n) is 11.4. The molecular weight excluding hydrogens is 256 g/mol. The predicted octanol–water partition coefficient (Wildman–Crippen LogP) is 1.15. The minimum absolute atomic E-state index is 0.0154. The van der Waals surface area contributed by atoms with Crippen molar-refractivity contribution in [2.75, 3.05) is 6.54 Å². The molecule has 0 saturated carbocycles. The molecule has 1 aliphatic rings. The van der Waals surface area contributed by atoms with Crippen LogP contribution in [0.2, 0.25) is 0 Å². The number of carbonyl (C=O) groups is 2. The number of amides is 1. The number of aryl methyl sites for hydroxylation is 1. The van der Waals surface area contributed by atoms with E-state index in [0.29, 0.717) is 6.54 Å². The molecule has 1 aliphatic heterocycles. The van der Waals surface area contributed by atoms with Gasteiger partial charge in [0, 0.05) is 19.5 Å². The molecule has 0 fully saturated rings. The molecule has 5 heteroatoms. The van der Waals surface area contributed by atoms with Gasteiger partial charge in [-0.15, -0.1) is 0 Å². The fourth-order valence-electron chi connectivity index (χ4n) is 2.47. The summed E-state index contributed by atoms with van der Waals surface area (Å²) in [5.41, 5.74) is 7.91. The van der Waals surface area contributed by atoms with Crippen molar-refractivity contribution >= 4 is 11.9 Å². The molecule has 0 bridgehead atoms. The fraction of sp³-hybridized carbons (Fsp3) is 0.467. The van der Waals surface area contributed by atoms with Crippen LogP contribution in [0.5, 0.6) is 0 Å². The van der Waals surface area contributed by atoms with E-state index in [2.05, 4.69) is 6.07 Å². The number of nitrogens with zero attached hydrogens (tertiary/aromatic N) is 1. The number of hydrogen-bond acceptors (Lipinski definition) is 3. The predicted molar refractivity (Wildman–Crippen MR) is 75.0 cm³/mol. The molecular formula is C15H20N2O3. The molecule has 0 spiro atoms. The molecule has 0 saturated heterocycles. The Bertz CT molecular complexity index is 502. The van der Waals surface area contributed by atoms with Gasteiger partial charge in [-0.3, -0.25) is 9.59 Å². The van der Waals surface area contributed by atoms with Crippen LogP contribution in [0.25, 0.3) is 0 Å². The van der Waals surface area contributed by atoms with Crippen LogP contribution in [0.1, 0.15) is 30.4 Å². The van der Waals surface area contributed by atoms with E-state index in [9.17, 15) is 9.59 Å². The van der Waals surface area contributed by atoms with E-state index in [1.807, 2.05) is 18.2 Å². The first-order chi connectivity index (χ1) is 9.58.